The summed E-state index contributed by atoms with van der Waals surface area (Å²) in [6, 6.07) is 23.6. The minimum atomic E-state index is -1.15. The Balaban J connectivity index is 1.27. The van der Waals surface area contributed by atoms with Crippen LogP contribution < -0.4 is 0 Å². The number of nitrogens with zero attached hydrogens (tertiary/aromatic N) is 2. The van der Waals surface area contributed by atoms with Crippen LogP contribution in [-0.4, -0.2) is 65.2 Å². The molecule has 0 saturated carbocycles. The van der Waals surface area contributed by atoms with Crippen molar-refractivity contribution >= 4 is 18.0 Å². The van der Waals surface area contributed by atoms with Gasteiger partial charge in [0.05, 0.1) is 6.54 Å². The second-order valence-electron chi connectivity index (χ2n) is 8.47. The van der Waals surface area contributed by atoms with Gasteiger partial charge in [0.25, 0.3) is 5.91 Å². The van der Waals surface area contributed by atoms with Gasteiger partial charge >= 0.3 is 12.1 Å². The number of benzene rings is 3. The summed E-state index contributed by atoms with van der Waals surface area (Å²) in [5, 5.41) is 9.75. The molecule has 1 N–H and O–H groups in total. The molecule has 1 heterocycles. The highest BCUT2D eigenvalue weighted by atomic mass is 16.6. The van der Waals surface area contributed by atoms with Crippen LogP contribution in [-0.2, 0) is 9.53 Å². The van der Waals surface area contributed by atoms with Gasteiger partial charge in [-0.05, 0) is 34.4 Å². The van der Waals surface area contributed by atoms with Crippen LogP contribution >= 0.6 is 0 Å². The predicted molar refractivity (Wildman–Crippen MR) is 126 cm³/mol. The minimum absolute atomic E-state index is 0.0763. The Hall–Kier alpha value is -4.13. The number of rotatable bonds is 4. The minimum Gasteiger partial charge on any atom is -0.480 e. The van der Waals surface area contributed by atoms with E-state index in [2.05, 4.69) is 12.1 Å². The first-order valence-electron chi connectivity index (χ1n) is 11.2. The smallest absolute Gasteiger partial charge is 0.409 e. The lowest BCUT2D eigenvalue weighted by molar-refractivity contribution is -0.144. The summed E-state index contributed by atoms with van der Waals surface area (Å²) >= 11 is 0. The first kappa shape index (κ1) is 21.7. The van der Waals surface area contributed by atoms with Crippen LogP contribution in [0, 0.1) is 0 Å². The lowest BCUT2D eigenvalue weighted by Crippen LogP contribution is -2.59. The first-order chi connectivity index (χ1) is 16.5. The topological polar surface area (TPSA) is 87.2 Å². The van der Waals surface area contributed by atoms with Gasteiger partial charge in [0.15, 0.2) is 0 Å². The summed E-state index contributed by atoms with van der Waals surface area (Å²) < 4.78 is 5.68. The second kappa shape index (κ2) is 9.02. The number of carbonyl (C=O) groups is 3. The number of ether oxygens (including phenoxy) is 1. The Bertz CT molecular complexity index is 1200. The molecule has 34 heavy (non-hydrogen) atoms. The van der Waals surface area contributed by atoms with Crippen LogP contribution in [0.2, 0.25) is 0 Å². The van der Waals surface area contributed by atoms with Crippen molar-refractivity contribution in [1.29, 1.82) is 0 Å². The lowest BCUT2D eigenvalue weighted by atomic mass is 9.98. The van der Waals surface area contributed by atoms with E-state index in [1.165, 1.54) is 9.80 Å². The summed E-state index contributed by atoms with van der Waals surface area (Å²) in [5.74, 6) is -1.59. The number of fused-ring (bicyclic) bond motifs is 3. The number of amides is 2. The molecule has 5 rings (SSSR count). The van der Waals surface area contributed by atoms with Gasteiger partial charge in [-0.2, -0.15) is 0 Å². The Morgan fingerprint density at radius 3 is 2.03 bits per heavy atom. The standard InChI is InChI=1S/C27H24N2O5/c30-25(18-8-2-1-3-9-18)29-15-14-28(16-24(29)26(31)32)27(33)34-17-23-21-12-6-4-10-19(21)20-11-5-7-13-22(20)23/h1-13,23-24H,14-17H2,(H,31,32)/t24-/m1/s1. The fraction of sp³-hybridized carbons (Fsp3) is 0.222. The summed E-state index contributed by atoms with van der Waals surface area (Å²) in [4.78, 5) is 40.4. The van der Waals surface area contributed by atoms with Crippen molar-refractivity contribution < 1.29 is 24.2 Å². The monoisotopic (exact) mass is 456 g/mol. The maximum absolute atomic E-state index is 12.9. The van der Waals surface area contributed by atoms with Gasteiger partial charge < -0.3 is 19.6 Å². The number of hydrogen-bond acceptors (Lipinski definition) is 4. The third-order valence-corrected chi connectivity index (χ3v) is 6.54. The molecule has 0 spiro atoms. The zero-order chi connectivity index (χ0) is 23.7. The maximum atomic E-state index is 12.9. The Kier molecular flexibility index (Phi) is 5.76. The number of hydrogen-bond donors (Lipinski definition) is 1. The third-order valence-electron chi connectivity index (χ3n) is 6.54. The van der Waals surface area contributed by atoms with Gasteiger partial charge in [-0.1, -0.05) is 66.7 Å². The van der Waals surface area contributed by atoms with Crippen molar-refractivity contribution in [3.63, 3.8) is 0 Å². The number of carboxylic acid groups (broad SMARTS) is 1. The number of carbonyl (C=O) groups excluding carboxylic acids is 2. The average molecular weight is 456 g/mol. The molecule has 1 saturated heterocycles. The fourth-order valence-corrected chi connectivity index (χ4v) is 4.84. The van der Waals surface area contributed by atoms with E-state index in [-0.39, 0.29) is 38.1 Å². The molecule has 1 atom stereocenters. The summed E-state index contributed by atoms with van der Waals surface area (Å²) in [7, 11) is 0. The normalized spacial score (nSPS) is 17.1. The van der Waals surface area contributed by atoms with Crippen molar-refractivity contribution in [2.45, 2.75) is 12.0 Å². The molecule has 2 amide bonds. The lowest BCUT2D eigenvalue weighted by Gasteiger charge is -2.38. The Morgan fingerprint density at radius 2 is 1.41 bits per heavy atom. The molecule has 2 aliphatic rings. The molecular weight excluding hydrogens is 432 g/mol. The largest absolute Gasteiger partial charge is 0.480 e. The van der Waals surface area contributed by atoms with Crippen molar-refractivity contribution in [3.8, 4) is 11.1 Å². The average Bonchev–Trinajstić information content (AvgIpc) is 3.20. The van der Waals surface area contributed by atoms with Gasteiger partial charge in [-0.3, -0.25) is 4.79 Å². The van der Waals surface area contributed by atoms with Crippen molar-refractivity contribution in [3.05, 3.63) is 95.6 Å². The molecule has 0 bridgehead atoms. The third kappa shape index (κ3) is 3.90. The molecular formula is C27H24N2O5. The summed E-state index contributed by atoms with van der Waals surface area (Å²) in [6.07, 6.45) is -0.570. The molecule has 3 aromatic carbocycles. The van der Waals surface area contributed by atoms with Gasteiger partial charge in [0.1, 0.15) is 12.6 Å². The van der Waals surface area contributed by atoms with Gasteiger partial charge in [0.2, 0.25) is 0 Å². The predicted octanol–water partition coefficient (Wildman–Crippen LogP) is 3.85. The van der Waals surface area contributed by atoms with Crippen molar-refractivity contribution in [2.24, 2.45) is 0 Å². The van der Waals surface area contributed by atoms with Crippen LogP contribution in [0.15, 0.2) is 78.9 Å². The molecule has 0 unspecified atom stereocenters. The molecule has 1 aliphatic carbocycles. The number of aliphatic carboxylic acids is 1. The highest BCUT2D eigenvalue weighted by Gasteiger charge is 2.38. The SMILES string of the molecule is O=C(O)[C@H]1CN(C(=O)OCC2c3ccccc3-c3ccccc32)CCN1C(=O)c1ccccc1. The van der Waals surface area contributed by atoms with E-state index in [1.54, 1.807) is 30.3 Å². The van der Waals surface area contributed by atoms with Crippen LogP contribution in [0.5, 0.6) is 0 Å². The van der Waals surface area contributed by atoms with E-state index in [9.17, 15) is 19.5 Å². The van der Waals surface area contributed by atoms with E-state index in [0.717, 1.165) is 22.3 Å². The first-order valence-corrected chi connectivity index (χ1v) is 11.2. The van der Waals surface area contributed by atoms with Crippen LogP contribution in [0.25, 0.3) is 11.1 Å². The van der Waals surface area contributed by atoms with E-state index < -0.39 is 18.1 Å². The number of carboxylic acids is 1. The highest BCUT2D eigenvalue weighted by Crippen LogP contribution is 2.44. The van der Waals surface area contributed by atoms with E-state index >= 15 is 0 Å². The summed E-state index contributed by atoms with van der Waals surface area (Å²) in [6.45, 7) is 0.367. The van der Waals surface area contributed by atoms with Gasteiger partial charge in [0, 0.05) is 24.6 Å². The fourth-order valence-electron chi connectivity index (χ4n) is 4.84. The molecule has 7 nitrogen and oxygen atoms in total. The molecule has 172 valence electrons. The second-order valence-corrected chi connectivity index (χ2v) is 8.47. The maximum Gasteiger partial charge on any atom is 0.409 e. The van der Waals surface area contributed by atoms with Gasteiger partial charge in [-0.15, -0.1) is 0 Å². The van der Waals surface area contributed by atoms with Crippen molar-refractivity contribution in [2.75, 3.05) is 26.2 Å². The zero-order valence-corrected chi connectivity index (χ0v) is 18.5. The molecule has 3 aromatic rings. The Morgan fingerprint density at radius 1 is 0.824 bits per heavy atom. The Labute approximate surface area is 197 Å². The molecule has 0 radical (unpaired) electrons. The molecule has 1 fully saturated rings. The van der Waals surface area contributed by atoms with Crippen LogP contribution in [0.1, 0.15) is 27.4 Å². The quantitative estimate of drug-likeness (QED) is 0.645. The van der Waals surface area contributed by atoms with Gasteiger partial charge in [-0.25, -0.2) is 9.59 Å². The van der Waals surface area contributed by atoms with Crippen molar-refractivity contribution in [1.82, 2.24) is 9.80 Å². The van der Waals surface area contributed by atoms with Crippen LogP contribution in [0.3, 0.4) is 0 Å². The van der Waals surface area contributed by atoms with E-state index in [0.29, 0.717) is 5.56 Å². The number of piperazine rings is 1. The van der Waals surface area contributed by atoms with E-state index in [1.807, 2.05) is 36.4 Å². The summed E-state index contributed by atoms with van der Waals surface area (Å²) in [5.41, 5.74) is 4.91. The zero-order valence-electron chi connectivity index (χ0n) is 18.5. The molecule has 1 aliphatic heterocycles. The highest BCUT2D eigenvalue weighted by molar-refractivity contribution is 5.97. The van der Waals surface area contributed by atoms with E-state index in [4.69, 9.17) is 4.74 Å². The van der Waals surface area contributed by atoms with Crippen LogP contribution in [0.4, 0.5) is 4.79 Å². The molecule has 7 heteroatoms. The molecule has 0 aromatic heterocycles.